The van der Waals surface area contributed by atoms with E-state index in [1.54, 1.807) is 0 Å². The largest absolute Gasteiger partial charge is 0.490 e. The van der Waals surface area contributed by atoms with Gasteiger partial charge in [-0.15, -0.1) is 0 Å². The zero-order valence-electron chi connectivity index (χ0n) is 17.6. The highest BCUT2D eigenvalue weighted by Crippen LogP contribution is 2.27. The average Bonchev–Trinajstić information content (AvgIpc) is 3.22. The van der Waals surface area contributed by atoms with E-state index in [4.69, 9.17) is 4.74 Å². The molecule has 4 rings (SSSR count). The van der Waals surface area contributed by atoms with Crippen molar-refractivity contribution in [1.29, 1.82) is 0 Å². The average molecular weight is 407 g/mol. The quantitative estimate of drug-likeness (QED) is 0.612. The summed E-state index contributed by atoms with van der Waals surface area (Å²) in [5, 5.41) is 3.35. The lowest BCUT2D eigenvalue weighted by Gasteiger charge is -2.34. The minimum absolute atomic E-state index is 0.0534. The van der Waals surface area contributed by atoms with Crippen LogP contribution >= 0.6 is 0 Å². The predicted octanol–water partition coefficient (Wildman–Crippen LogP) is 3.08. The maximum Gasteiger partial charge on any atom is 0.248 e. The zero-order valence-corrected chi connectivity index (χ0v) is 17.6. The van der Waals surface area contributed by atoms with Crippen LogP contribution < -0.4 is 15.0 Å². The van der Waals surface area contributed by atoms with Crippen LogP contribution in [0.1, 0.15) is 25.3 Å². The topological polar surface area (TPSA) is 57.2 Å². The molecule has 1 N–H and O–H groups in total. The number of carbonyl (C=O) groups is 1. The molecular weight excluding hydrogens is 376 g/mol. The fourth-order valence-corrected chi connectivity index (χ4v) is 4.13. The van der Waals surface area contributed by atoms with Crippen LogP contribution in [0.3, 0.4) is 0 Å². The predicted molar refractivity (Wildman–Crippen MR) is 120 cm³/mol. The lowest BCUT2D eigenvalue weighted by Crippen LogP contribution is -2.48. The molecule has 0 aromatic heterocycles. The van der Waals surface area contributed by atoms with E-state index in [1.165, 1.54) is 5.56 Å². The summed E-state index contributed by atoms with van der Waals surface area (Å²) in [5.74, 6) is 1.79. The van der Waals surface area contributed by atoms with Crippen LogP contribution in [0.25, 0.3) is 0 Å². The van der Waals surface area contributed by atoms with E-state index in [0.717, 1.165) is 62.8 Å². The Morgan fingerprint density at radius 1 is 1.07 bits per heavy atom. The van der Waals surface area contributed by atoms with Crippen molar-refractivity contribution in [2.24, 2.45) is 4.99 Å². The van der Waals surface area contributed by atoms with Crippen molar-refractivity contribution in [1.82, 2.24) is 10.2 Å². The first kappa shape index (κ1) is 20.3. The van der Waals surface area contributed by atoms with Gasteiger partial charge in [0.2, 0.25) is 5.91 Å². The van der Waals surface area contributed by atoms with Crippen LogP contribution in [0.4, 0.5) is 5.69 Å². The molecule has 2 heterocycles. The third kappa shape index (κ3) is 4.75. The minimum atomic E-state index is 0.0534. The number of fused-ring (bicyclic) bond motifs is 1. The first-order chi connectivity index (χ1) is 14.7. The molecular formula is C24H30N4O2. The highest BCUT2D eigenvalue weighted by molar-refractivity contribution is 5.98. The molecule has 0 atom stereocenters. The van der Waals surface area contributed by atoms with Crippen molar-refractivity contribution in [2.45, 2.75) is 32.3 Å². The van der Waals surface area contributed by atoms with Crippen LogP contribution in [0.15, 0.2) is 59.6 Å². The van der Waals surface area contributed by atoms with Crippen LogP contribution in [0.2, 0.25) is 0 Å². The summed E-state index contributed by atoms with van der Waals surface area (Å²) in [6.45, 7) is 5.47. The van der Waals surface area contributed by atoms with Gasteiger partial charge in [-0.3, -0.25) is 4.79 Å². The van der Waals surface area contributed by atoms with Gasteiger partial charge in [0.15, 0.2) is 5.96 Å². The first-order valence-electron chi connectivity index (χ1n) is 10.9. The number of likely N-dealkylation sites (tertiary alicyclic amines) is 1. The zero-order chi connectivity index (χ0) is 20.8. The number of guanidine groups is 1. The highest BCUT2D eigenvalue weighted by atomic mass is 16.5. The Balaban J connectivity index is 1.33. The van der Waals surface area contributed by atoms with E-state index in [-0.39, 0.29) is 18.6 Å². The molecule has 1 amide bonds. The number of aliphatic imine (C=N–C) groups is 1. The number of hydrogen-bond acceptors (Lipinski definition) is 3. The van der Waals surface area contributed by atoms with Gasteiger partial charge >= 0.3 is 0 Å². The molecule has 0 unspecified atom stereocenters. The van der Waals surface area contributed by atoms with Gasteiger partial charge < -0.3 is 19.9 Å². The van der Waals surface area contributed by atoms with Gasteiger partial charge in [-0.1, -0.05) is 36.4 Å². The second-order valence-electron chi connectivity index (χ2n) is 7.71. The summed E-state index contributed by atoms with van der Waals surface area (Å²) in [4.78, 5) is 21.6. The van der Waals surface area contributed by atoms with Gasteiger partial charge in [0.25, 0.3) is 0 Å². The first-order valence-corrected chi connectivity index (χ1v) is 10.9. The van der Waals surface area contributed by atoms with Gasteiger partial charge in [0, 0.05) is 44.7 Å². The maximum absolute atomic E-state index is 12.8. The molecule has 2 aliphatic heterocycles. The third-order valence-corrected chi connectivity index (χ3v) is 5.67. The Kier molecular flexibility index (Phi) is 6.52. The summed E-state index contributed by atoms with van der Waals surface area (Å²) in [7, 11) is 0. The van der Waals surface area contributed by atoms with E-state index < -0.39 is 0 Å². The van der Waals surface area contributed by atoms with Crippen molar-refractivity contribution in [3.8, 4) is 5.75 Å². The van der Waals surface area contributed by atoms with E-state index in [0.29, 0.717) is 0 Å². The number of benzene rings is 2. The normalized spacial score (nSPS) is 17.0. The number of para-hydroxylation sites is 2. The molecule has 6 heteroatoms. The molecule has 1 saturated heterocycles. The summed E-state index contributed by atoms with van der Waals surface area (Å²) in [6.07, 6.45) is 3.01. The Morgan fingerprint density at radius 3 is 2.57 bits per heavy atom. The number of rotatable bonds is 5. The Hall–Kier alpha value is -3.02. The van der Waals surface area contributed by atoms with Crippen molar-refractivity contribution >= 4 is 17.6 Å². The Morgan fingerprint density at radius 2 is 1.80 bits per heavy atom. The summed E-state index contributed by atoms with van der Waals surface area (Å²) in [5.41, 5.74) is 2.27. The molecule has 2 aromatic rings. The van der Waals surface area contributed by atoms with Crippen LogP contribution in [0, 0.1) is 0 Å². The summed E-state index contributed by atoms with van der Waals surface area (Å²) < 4.78 is 6.09. The fourth-order valence-electron chi connectivity index (χ4n) is 4.13. The molecule has 158 valence electrons. The highest BCUT2D eigenvalue weighted by Gasteiger charge is 2.25. The maximum atomic E-state index is 12.8. The lowest BCUT2D eigenvalue weighted by molar-refractivity contribution is -0.117. The van der Waals surface area contributed by atoms with Crippen molar-refractivity contribution in [3.05, 3.63) is 60.2 Å². The van der Waals surface area contributed by atoms with Crippen molar-refractivity contribution in [2.75, 3.05) is 37.6 Å². The van der Waals surface area contributed by atoms with Crippen molar-refractivity contribution in [3.63, 3.8) is 0 Å². The number of nitrogens with one attached hydrogen (secondary N) is 1. The SMILES string of the molecule is CCNC(=NCC(=O)N1CCc2ccccc21)N1CCC(Oc2ccccc2)CC1. The molecule has 0 saturated carbocycles. The Labute approximate surface area is 178 Å². The van der Waals surface area contributed by atoms with Crippen molar-refractivity contribution < 1.29 is 9.53 Å². The van der Waals surface area contributed by atoms with Gasteiger partial charge in [-0.2, -0.15) is 0 Å². The van der Waals surface area contributed by atoms with Gasteiger partial charge in [-0.05, 0) is 37.1 Å². The van der Waals surface area contributed by atoms with Crippen LogP contribution in [-0.4, -0.2) is 55.6 Å². The minimum Gasteiger partial charge on any atom is -0.490 e. The van der Waals surface area contributed by atoms with Gasteiger partial charge in [0.1, 0.15) is 18.4 Å². The van der Waals surface area contributed by atoms with Gasteiger partial charge in [0.05, 0.1) is 0 Å². The number of amides is 1. The van der Waals surface area contributed by atoms with Gasteiger partial charge in [-0.25, -0.2) is 4.99 Å². The number of hydrogen-bond donors (Lipinski definition) is 1. The third-order valence-electron chi connectivity index (χ3n) is 5.67. The molecule has 30 heavy (non-hydrogen) atoms. The van der Waals surface area contributed by atoms with Crippen LogP contribution in [-0.2, 0) is 11.2 Å². The van der Waals surface area contributed by atoms with E-state index in [1.807, 2.05) is 53.4 Å². The summed E-state index contributed by atoms with van der Waals surface area (Å²) >= 11 is 0. The van der Waals surface area contributed by atoms with E-state index >= 15 is 0 Å². The monoisotopic (exact) mass is 406 g/mol. The molecule has 1 fully saturated rings. The molecule has 0 spiro atoms. The number of carbonyl (C=O) groups excluding carboxylic acids is 1. The standard InChI is InChI=1S/C24H30N4O2/c1-2-25-24(26-18-23(29)28-17-12-19-8-6-7-11-22(19)28)27-15-13-21(14-16-27)30-20-9-4-3-5-10-20/h3-11,21H,2,12-18H2,1H3,(H,25,26). The second-order valence-corrected chi connectivity index (χ2v) is 7.71. The fraction of sp³-hybridized carbons (Fsp3) is 0.417. The molecule has 0 radical (unpaired) electrons. The number of nitrogens with zero attached hydrogens (tertiary/aromatic N) is 3. The number of anilines is 1. The molecule has 6 nitrogen and oxygen atoms in total. The lowest BCUT2D eigenvalue weighted by atomic mass is 10.1. The number of piperidine rings is 1. The summed E-state index contributed by atoms with van der Waals surface area (Å²) in [6, 6.07) is 18.1. The molecule has 2 aliphatic rings. The molecule has 0 aliphatic carbocycles. The second kappa shape index (κ2) is 9.65. The molecule has 0 bridgehead atoms. The van der Waals surface area contributed by atoms with E-state index in [9.17, 15) is 4.79 Å². The molecule has 2 aromatic carbocycles. The van der Waals surface area contributed by atoms with E-state index in [2.05, 4.69) is 28.2 Å². The number of ether oxygens (including phenoxy) is 1. The van der Waals surface area contributed by atoms with Crippen LogP contribution in [0.5, 0.6) is 5.75 Å². The smallest absolute Gasteiger partial charge is 0.248 e. The Bertz CT molecular complexity index is 876.